The van der Waals surface area contributed by atoms with E-state index < -0.39 is 0 Å². The zero-order valence-electron chi connectivity index (χ0n) is 8.21. The number of nitrogens with zero attached hydrogens (tertiary/aromatic N) is 3. The summed E-state index contributed by atoms with van der Waals surface area (Å²) >= 11 is 0. The van der Waals surface area contributed by atoms with Crippen LogP contribution in [0.3, 0.4) is 0 Å². The number of para-hydroxylation sites is 1. The third-order valence-corrected chi connectivity index (χ3v) is 2.04. The van der Waals surface area contributed by atoms with Gasteiger partial charge in [-0.2, -0.15) is 0 Å². The molecule has 0 radical (unpaired) electrons. The van der Waals surface area contributed by atoms with E-state index in [1.165, 1.54) is 0 Å². The molecule has 0 atom stereocenters. The highest BCUT2D eigenvalue weighted by atomic mass is 16.6. The minimum absolute atomic E-state index is 0.452. The molecule has 1 aromatic heterocycles. The molecule has 0 aliphatic rings. The molecule has 0 amide bonds. The zero-order valence-corrected chi connectivity index (χ0v) is 8.21. The lowest BCUT2D eigenvalue weighted by molar-refractivity contribution is 0.140. The van der Waals surface area contributed by atoms with Gasteiger partial charge in [-0.15, -0.1) is 5.10 Å². The van der Waals surface area contributed by atoms with Gasteiger partial charge in [-0.25, -0.2) is 10.6 Å². The smallest absolute Gasteiger partial charge is 0.0855 e. The van der Waals surface area contributed by atoms with Crippen molar-refractivity contribution in [3.63, 3.8) is 0 Å². The second-order valence-corrected chi connectivity index (χ2v) is 3.11. The Kier molecular flexibility index (Phi) is 3.06. The van der Waals surface area contributed by atoms with Crippen LogP contribution in [0.15, 0.2) is 36.5 Å². The molecule has 0 saturated heterocycles. The van der Waals surface area contributed by atoms with Gasteiger partial charge in [-0.3, -0.25) is 0 Å². The maximum absolute atomic E-state index is 4.94. The van der Waals surface area contributed by atoms with Crippen LogP contribution in [0.1, 0.15) is 5.69 Å². The lowest BCUT2D eigenvalue weighted by atomic mass is 10.3. The van der Waals surface area contributed by atoms with Gasteiger partial charge in [0, 0.05) is 6.42 Å². The molecule has 2 N–H and O–H groups in total. The van der Waals surface area contributed by atoms with E-state index in [9.17, 15) is 0 Å². The summed E-state index contributed by atoms with van der Waals surface area (Å²) < 4.78 is 1.73. The van der Waals surface area contributed by atoms with Gasteiger partial charge >= 0.3 is 0 Å². The number of hydrogen-bond acceptors (Lipinski definition) is 4. The van der Waals surface area contributed by atoms with Gasteiger partial charge in [0.05, 0.1) is 24.2 Å². The Morgan fingerprint density at radius 3 is 2.80 bits per heavy atom. The summed E-state index contributed by atoms with van der Waals surface area (Å²) in [6, 6.07) is 9.82. The van der Waals surface area contributed by atoms with E-state index in [0.717, 1.165) is 11.4 Å². The fraction of sp³-hybridized carbons (Fsp3) is 0.200. The Balaban J connectivity index is 2.14. The first-order chi connectivity index (χ1) is 7.40. The van der Waals surface area contributed by atoms with E-state index in [1.54, 1.807) is 4.68 Å². The van der Waals surface area contributed by atoms with Gasteiger partial charge in [0.25, 0.3) is 0 Å². The Bertz CT molecular complexity index is 412. The van der Waals surface area contributed by atoms with Crippen molar-refractivity contribution in [2.45, 2.75) is 6.42 Å². The summed E-state index contributed by atoms with van der Waals surface area (Å²) in [6.07, 6.45) is 2.54. The molecule has 5 heteroatoms. The minimum atomic E-state index is 0.452. The molecule has 1 aromatic carbocycles. The predicted molar refractivity (Wildman–Crippen MR) is 55.2 cm³/mol. The molecule has 0 fully saturated rings. The SMILES string of the molecule is NOCCc1cn(-c2ccccc2)nn1. The van der Waals surface area contributed by atoms with Crippen LogP contribution in [0.25, 0.3) is 5.69 Å². The summed E-state index contributed by atoms with van der Waals surface area (Å²) in [5, 5.41) is 8.02. The van der Waals surface area contributed by atoms with E-state index in [0.29, 0.717) is 13.0 Å². The maximum atomic E-state index is 4.94. The fourth-order valence-corrected chi connectivity index (χ4v) is 1.28. The molecular weight excluding hydrogens is 192 g/mol. The number of nitrogens with two attached hydrogens (primary N) is 1. The molecule has 0 spiro atoms. The third kappa shape index (κ3) is 2.39. The van der Waals surface area contributed by atoms with Gasteiger partial charge < -0.3 is 4.84 Å². The topological polar surface area (TPSA) is 66.0 Å². The van der Waals surface area contributed by atoms with Crippen molar-refractivity contribution >= 4 is 0 Å². The molecular formula is C10H12N4O. The summed E-state index contributed by atoms with van der Waals surface area (Å²) in [4.78, 5) is 4.48. The van der Waals surface area contributed by atoms with Crippen LogP contribution < -0.4 is 5.90 Å². The second kappa shape index (κ2) is 4.68. The summed E-state index contributed by atoms with van der Waals surface area (Å²) in [5.41, 5.74) is 1.86. The third-order valence-electron chi connectivity index (χ3n) is 2.04. The van der Waals surface area contributed by atoms with E-state index in [4.69, 9.17) is 5.90 Å². The molecule has 0 unspecified atom stereocenters. The minimum Gasteiger partial charge on any atom is -0.304 e. The van der Waals surface area contributed by atoms with Crippen molar-refractivity contribution < 1.29 is 4.84 Å². The summed E-state index contributed by atoms with van der Waals surface area (Å²) in [6.45, 7) is 0.452. The summed E-state index contributed by atoms with van der Waals surface area (Å²) in [7, 11) is 0. The Labute approximate surface area is 87.4 Å². The van der Waals surface area contributed by atoms with Crippen molar-refractivity contribution in [2.24, 2.45) is 5.90 Å². The Hall–Kier alpha value is -1.72. The van der Waals surface area contributed by atoms with Crippen molar-refractivity contribution in [2.75, 3.05) is 6.61 Å². The number of rotatable bonds is 4. The van der Waals surface area contributed by atoms with Crippen LogP contribution in [0.2, 0.25) is 0 Å². The van der Waals surface area contributed by atoms with Crippen LogP contribution in [0, 0.1) is 0 Å². The molecule has 0 bridgehead atoms. The Morgan fingerprint density at radius 2 is 2.07 bits per heavy atom. The number of hydrogen-bond donors (Lipinski definition) is 1. The van der Waals surface area contributed by atoms with Crippen LogP contribution in [0.5, 0.6) is 0 Å². The molecule has 5 nitrogen and oxygen atoms in total. The molecule has 1 heterocycles. The van der Waals surface area contributed by atoms with Crippen LogP contribution in [0.4, 0.5) is 0 Å². The molecule has 78 valence electrons. The first-order valence-electron chi connectivity index (χ1n) is 4.68. The second-order valence-electron chi connectivity index (χ2n) is 3.11. The highest BCUT2D eigenvalue weighted by Gasteiger charge is 2.01. The van der Waals surface area contributed by atoms with Gasteiger partial charge in [0.1, 0.15) is 0 Å². The molecule has 0 aliphatic heterocycles. The van der Waals surface area contributed by atoms with Crippen molar-refractivity contribution in [3.05, 3.63) is 42.2 Å². The first kappa shape index (κ1) is 9.82. The molecule has 0 aliphatic carbocycles. The molecule has 2 rings (SSSR count). The van der Waals surface area contributed by atoms with Crippen molar-refractivity contribution in [3.8, 4) is 5.69 Å². The summed E-state index contributed by atoms with van der Waals surface area (Å²) in [5.74, 6) is 4.94. The van der Waals surface area contributed by atoms with E-state index in [1.807, 2.05) is 36.5 Å². The lowest BCUT2D eigenvalue weighted by Gasteiger charge is -1.97. The van der Waals surface area contributed by atoms with Gasteiger partial charge in [0.15, 0.2) is 0 Å². The van der Waals surface area contributed by atoms with Crippen LogP contribution in [-0.2, 0) is 11.3 Å². The highest BCUT2D eigenvalue weighted by molar-refractivity contribution is 5.29. The van der Waals surface area contributed by atoms with Crippen molar-refractivity contribution in [1.82, 2.24) is 15.0 Å². The normalized spacial score (nSPS) is 10.5. The van der Waals surface area contributed by atoms with Gasteiger partial charge in [-0.1, -0.05) is 23.4 Å². The number of benzene rings is 1. The largest absolute Gasteiger partial charge is 0.304 e. The average Bonchev–Trinajstić information content (AvgIpc) is 2.76. The van der Waals surface area contributed by atoms with E-state index >= 15 is 0 Å². The van der Waals surface area contributed by atoms with E-state index in [2.05, 4.69) is 15.1 Å². The van der Waals surface area contributed by atoms with Crippen molar-refractivity contribution in [1.29, 1.82) is 0 Å². The van der Waals surface area contributed by atoms with Gasteiger partial charge in [-0.05, 0) is 12.1 Å². The Morgan fingerprint density at radius 1 is 1.27 bits per heavy atom. The average molecular weight is 204 g/mol. The number of aromatic nitrogens is 3. The monoisotopic (exact) mass is 204 g/mol. The first-order valence-corrected chi connectivity index (χ1v) is 4.68. The lowest BCUT2D eigenvalue weighted by Crippen LogP contribution is -2.03. The fourth-order valence-electron chi connectivity index (χ4n) is 1.28. The van der Waals surface area contributed by atoms with Crippen LogP contribution >= 0.6 is 0 Å². The van der Waals surface area contributed by atoms with Gasteiger partial charge in [0.2, 0.25) is 0 Å². The molecule has 2 aromatic rings. The maximum Gasteiger partial charge on any atom is 0.0855 e. The standard InChI is InChI=1S/C10H12N4O/c11-15-7-6-9-8-14(13-12-9)10-4-2-1-3-5-10/h1-5,8H,6-7,11H2. The zero-order chi connectivity index (χ0) is 10.5. The molecule has 15 heavy (non-hydrogen) atoms. The van der Waals surface area contributed by atoms with Crippen LogP contribution in [-0.4, -0.2) is 21.6 Å². The highest BCUT2D eigenvalue weighted by Crippen LogP contribution is 2.05. The predicted octanol–water partition coefficient (Wildman–Crippen LogP) is 0.700. The molecule has 0 saturated carbocycles. The quantitative estimate of drug-likeness (QED) is 0.744. The van der Waals surface area contributed by atoms with E-state index in [-0.39, 0.29) is 0 Å².